The Morgan fingerprint density at radius 2 is 1.08 bits per heavy atom. The van der Waals surface area contributed by atoms with Crippen LogP contribution in [0.25, 0.3) is 61.3 Å². The van der Waals surface area contributed by atoms with Crippen molar-refractivity contribution >= 4 is 38.8 Å². The molecule has 0 N–H and O–H groups in total. The average Bonchev–Trinajstić information content (AvgIpc) is 3.65. The molecule has 6 aromatic carbocycles. The van der Waals surface area contributed by atoms with Crippen molar-refractivity contribution in [1.29, 1.82) is 0 Å². The third kappa shape index (κ3) is 4.77. The van der Waals surface area contributed by atoms with Crippen molar-refractivity contribution < 1.29 is 0 Å². The summed E-state index contributed by atoms with van der Waals surface area (Å²) < 4.78 is 4.88. The summed E-state index contributed by atoms with van der Waals surface area (Å²) in [6.45, 7) is 9.23. The van der Waals surface area contributed by atoms with E-state index in [1.165, 1.54) is 77.6 Å². The van der Waals surface area contributed by atoms with E-state index >= 15 is 0 Å². The number of para-hydroxylation sites is 2. The lowest BCUT2D eigenvalue weighted by Crippen LogP contribution is -2.12. The van der Waals surface area contributed by atoms with Crippen molar-refractivity contribution in [2.24, 2.45) is 0 Å². The first-order valence-corrected chi connectivity index (χ1v) is 17.5. The molecule has 0 amide bonds. The maximum Gasteiger partial charge on any atom is 0.0541 e. The first-order valence-electron chi connectivity index (χ1n) is 17.5. The highest BCUT2D eigenvalue weighted by Crippen LogP contribution is 2.47. The van der Waals surface area contributed by atoms with Gasteiger partial charge in [0.25, 0.3) is 0 Å². The summed E-state index contributed by atoms with van der Waals surface area (Å²) in [4.78, 5) is 0. The first kappa shape index (κ1) is 29.5. The summed E-state index contributed by atoms with van der Waals surface area (Å²) in [5, 5.41) is 3.94. The van der Waals surface area contributed by atoms with Crippen molar-refractivity contribution in [3.05, 3.63) is 174 Å². The molecule has 238 valence electrons. The minimum atomic E-state index is 0.123. The molecule has 0 spiro atoms. The van der Waals surface area contributed by atoms with Gasteiger partial charge in [-0.05, 0) is 93.8 Å². The van der Waals surface area contributed by atoms with Crippen LogP contribution in [0.3, 0.4) is 0 Å². The minimum Gasteiger partial charge on any atom is -0.310 e. The maximum atomic E-state index is 2.45. The third-order valence-corrected chi connectivity index (χ3v) is 10.7. The smallest absolute Gasteiger partial charge is 0.0541 e. The van der Waals surface area contributed by atoms with E-state index in [0.29, 0.717) is 5.92 Å². The molecule has 0 aliphatic heterocycles. The molecule has 2 heterocycles. The van der Waals surface area contributed by atoms with E-state index in [9.17, 15) is 0 Å². The Balaban J connectivity index is 1.13. The van der Waals surface area contributed by atoms with Crippen molar-refractivity contribution in [3.63, 3.8) is 0 Å². The zero-order valence-corrected chi connectivity index (χ0v) is 28.6. The lowest BCUT2D eigenvalue weighted by atomic mass is 9.78. The molecule has 0 radical (unpaired) electrons. The van der Waals surface area contributed by atoms with E-state index in [-0.39, 0.29) is 11.3 Å². The number of benzene rings is 6. The molecule has 1 aliphatic rings. The Bertz CT molecular complexity index is 2520. The Morgan fingerprint density at radius 1 is 0.510 bits per heavy atom. The number of hydrogen-bond donors (Lipinski definition) is 0. The monoisotopic (exact) mass is 632 g/mol. The van der Waals surface area contributed by atoms with Gasteiger partial charge >= 0.3 is 0 Å². The Morgan fingerprint density at radius 3 is 1.80 bits per heavy atom. The van der Waals surface area contributed by atoms with Crippen LogP contribution in [0.1, 0.15) is 61.9 Å². The van der Waals surface area contributed by atoms with Crippen LogP contribution < -0.4 is 0 Å². The molecule has 2 nitrogen and oxygen atoms in total. The van der Waals surface area contributed by atoms with E-state index in [4.69, 9.17) is 0 Å². The molecule has 0 saturated heterocycles. The van der Waals surface area contributed by atoms with E-state index in [0.717, 1.165) is 0 Å². The van der Waals surface area contributed by atoms with Gasteiger partial charge in [-0.2, -0.15) is 0 Å². The van der Waals surface area contributed by atoms with Crippen LogP contribution in [-0.4, -0.2) is 9.13 Å². The molecule has 0 fully saturated rings. The number of allylic oxidation sites excluding steroid dienone is 1. The Kier molecular flexibility index (Phi) is 6.78. The topological polar surface area (TPSA) is 9.86 Å². The predicted molar refractivity (Wildman–Crippen MR) is 208 cm³/mol. The minimum absolute atomic E-state index is 0.123. The van der Waals surface area contributed by atoms with E-state index < -0.39 is 0 Å². The summed E-state index contributed by atoms with van der Waals surface area (Å²) >= 11 is 0. The third-order valence-electron chi connectivity index (χ3n) is 10.7. The second kappa shape index (κ2) is 11.2. The second-order valence-electron chi connectivity index (χ2n) is 14.7. The van der Waals surface area contributed by atoms with Crippen molar-refractivity contribution in [2.75, 3.05) is 0 Å². The average molecular weight is 633 g/mol. The van der Waals surface area contributed by atoms with Gasteiger partial charge in [0, 0.05) is 33.5 Å². The Hall–Kier alpha value is -5.60. The van der Waals surface area contributed by atoms with Crippen molar-refractivity contribution in [2.45, 2.75) is 44.9 Å². The molecule has 49 heavy (non-hydrogen) atoms. The number of rotatable bonds is 4. The fourth-order valence-electron chi connectivity index (χ4n) is 8.17. The number of nitrogens with zero attached hydrogens (tertiary/aromatic N) is 2. The molecular weight excluding hydrogens is 593 g/mol. The lowest BCUT2D eigenvalue weighted by Gasteiger charge is -2.27. The molecule has 2 heteroatoms. The largest absolute Gasteiger partial charge is 0.310 e. The first-order chi connectivity index (χ1) is 23.9. The molecule has 9 rings (SSSR count). The molecule has 2 atom stereocenters. The summed E-state index contributed by atoms with van der Waals surface area (Å²) in [6.07, 6.45) is 4.81. The van der Waals surface area contributed by atoms with Gasteiger partial charge in [-0.1, -0.05) is 131 Å². The van der Waals surface area contributed by atoms with Crippen LogP contribution in [0.2, 0.25) is 0 Å². The van der Waals surface area contributed by atoms with Crippen LogP contribution in [0.15, 0.2) is 152 Å². The van der Waals surface area contributed by atoms with Crippen LogP contribution in [0.5, 0.6) is 0 Å². The summed E-state index contributed by atoms with van der Waals surface area (Å²) in [7, 11) is 0. The van der Waals surface area contributed by atoms with Gasteiger partial charge in [0.1, 0.15) is 0 Å². The van der Waals surface area contributed by atoms with Gasteiger partial charge in [0.15, 0.2) is 0 Å². The molecule has 1 aliphatic carbocycles. The van der Waals surface area contributed by atoms with Crippen molar-refractivity contribution in [1.82, 2.24) is 9.13 Å². The summed E-state index contributed by atoms with van der Waals surface area (Å²) in [6, 6.07) is 53.7. The quantitative estimate of drug-likeness (QED) is 0.183. The molecule has 0 bridgehead atoms. The van der Waals surface area contributed by atoms with Gasteiger partial charge in [-0.15, -0.1) is 0 Å². The number of fused-ring (bicyclic) bond motifs is 6. The normalized spacial score (nSPS) is 16.1. The van der Waals surface area contributed by atoms with Gasteiger partial charge < -0.3 is 9.13 Å². The fraction of sp³-hybridized carbons (Fsp3) is 0.149. The van der Waals surface area contributed by atoms with Gasteiger partial charge in [0.05, 0.1) is 22.2 Å². The van der Waals surface area contributed by atoms with Gasteiger partial charge in [-0.25, -0.2) is 0 Å². The van der Waals surface area contributed by atoms with Crippen LogP contribution in [0, 0.1) is 0 Å². The molecule has 0 saturated carbocycles. The number of hydrogen-bond acceptors (Lipinski definition) is 0. The maximum absolute atomic E-state index is 2.45. The van der Waals surface area contributed by atoms with E-state index in [1.807, 2.05) is 0 Å². The standard InChI is InChI=1S/C47H40N2/c1-31-38(34-20-28-44-41(30-34)39-14-8-10-16-42(39)48(44)37-25-21-35(22-26-37)47(2,3)4)27-29-45-46(31)40-15-9-11-17-43(40)49(45)36-23-18-33(19-24-36)32-12-6-5-7-13-32/h5-31,38H,1-4H3. The predicted octanol–water partition coefficient (Wildman–Crippen LogP) is 12.6. The SMILES string of the molecule is CC1c2c(n(-c3ccc(-c4ccccc4)cc3)c3ccccc23)C=CC1c1ccc2c(c1)c1ccccc1n2-c1ccc(C(C)(C)C)cc1. The highest BCUT2D eigenvalue weighted by molar-refractivity contribution is 6.09. The molecular formula is C47H40N2. The highest BCUT2D eigenvalue weighted by atomic mass is 15.0. The van der Waals surface area contributed by atoms with E-state index in [1.54, 1.807) is 0 Å². The zero-order valence-electron chi connectivity index (χ0n) is 28.6. The van der Waals surface area contributed by atoms with E-state index in [2.05, 4.69) is 195 Å². The highest BCUT2D eigenvalue weighted by Gasteiger charge is 2.30. The fourth-order valence-corrected chi connectivity index (χ4v) is 8.17. The van der Waals surface area contributed by atoms with Crippen molar-refractivity contribution in [3.8, 4) is 22.5 Å². The number of aromatic nitrogens is 2. The second-order valence-corrected chi connectivity index (χ2v) is 14.7. The summed E-state index contributed by atoms with van der Waals surface area (Å²) in [5.74, 6) is 0.579. The zero-order chi connectivity index (χ0) is 33.3. The molecule has 2 unspecified atom stereocenters. The Labute approximate surface area is 288 Å². The van der Waals surface area contributed by atoms with Gasteiger partial charge in [-0.3, -0.25) is 0 Å². The van der Waals surface area contributed by atoms with Crippen LogP contribution in [0.4, 0.5) is 0 Å². The molecule has 8 aromatic rings. The van der Waals surface area contributed by atoms with Crippen LogP contribution >= 0.6 is 0 Å². The van der Waals surface area contributed by atoms with Gasteiger partial charge in [0.2, 0.25) is 0 Å². The molecule has 2 aromatic heterocycles. The summed E-state index contributed by atoms with van der Waals surface area (Å²) in [5.41, 5.74) is 14.2. The lowest BCUT2D eigenvalue weighted by molar-refractivity contribution is 0.590. The van der Waals surface area contributed by atoms with Crippen LogP contribution in [-0.2, 0) is 5.41 Å².